The Morgan fingerprint density at radius 3 is 2.71 bits per heavy atom. The number of rotatable bonds is 0. The molecule has 0 unspecified atom stereocenters. The van der Waals surface area contributed by atoms with Gasteiger partial charge in [-0.2, -0.15) is 4.98 Å². The Bertz CT molecular complexity index is 543. The molecule has 0 spiro atoms. The highest BCUT2D eigenvalue weighted by Crippen LogP contribution is 2.31. The van der Waals surface area contributed by atoms with E-state index in [0.717, 1.165) is 5.56 Å². The molecule has 2 aromatic rings. The summed E-state index contributed by atoms with van der Waals surface area (Å²) in [5.41, 5.74) is 1.41. The molecule has 3 rings (SSSR count). The lowest BCUT2D eigenvalue weighted by molar-refractivity contribution is 0.0968. The lowest BCUT2D eigenvalue weighted by Gasteiger charge is -1.93. The van der Waals surface area contributed by atoms with Crippen LogP contribution in [0.4, 0.5) is 0 Å². The monoisotopic (exact) mass is 186 g/mol. The molecule has 2 heterocycles. The number of aromatic hydroxyl groups is 1. The van der Waals surface area contributed by atoms with Crippen molar-refractivity contribution in [3.05, 3.63) is 36.0 Å². The summed E-state index contributed by atoms with van der Waals surface area (Å²) in [6.07, 6.45) is 1.33. The molecule has 1 aliphatic rings. The summed E-state index contributed by atoms with van der Waals surface area (Å²) < 4.78 is 1.36. The Labute approximate surface area is 79.4 Å². The number of nitrogens with zero attached hydrogens (tertiary/aromatic N) is 2. The largest absolute Gasteiger partial charge is 0.492 e. The molecule has 0 aliphatic carbocycles. The first-order valence-electron chi connectivity index (χ1n) is 4.20. The third-order valence-corrected chi connectivity index (χ3v) is 2.31. The van der Waals surface area contributed by atoms with Crippen molar-refractivity contribution in [2.75, 3.05) is 0 Å². The van der Waals surface area contributed by atoms with E-state index in [1.807, 2.05) is 18.2 Å². The van der Waals surface area contributed by atoms with E-state index in [0.29, 0.717) is 11.4 Å². The summed E-state index contributed by atoms with van der Waals surface area (Å²) >= 11 is 0. The second kappa shape index (κ2) is 2.23. The molecule has 4 heteroatoms. The minimum atomic E-state index is -0.136. The third kappa shape index (κ3) is 0.724. The number of hydrogen-bond acceptors (Lipinski definition) is 3. The van der Waals surface area contributed by atoms with Gasteiger partial charge in [0.1, 0.15) is 0 Å². The smallest absolute Gasteiger partial charge is 0.264 e. The fourth-order valence-corrected chi connectivity index (χ4v) is 1.71. The number of carbonyl (C=O) groups excluding carboxylic acids is 1. The SMILES string of the molecule is O=C1c2ccccc2-c2nc(O)cn21. The van der Waals surface area contributed by atoms with Crippen molar-refractivity contribution in [3.8, 4) is 17.3 Å². The second-order valence-electron chi connectivity index (χ2n) is 3.14. The summed E-state index contributed by atoms with van der Waals surface area (Å²) in [7, 11) is 0. The standard InChI is InChI=1S/C10H6N2O2/c13-8-5-12-9(11-8)6-3-1-2-4-7(6)10(12)14/h1-5,13H. The zero-order valence-electron chi connectivity index (χ0n) is 7.14. The summed E-state index contributed by atoms with van der Waals surface area (Å²) in [6.45, 7) is 0. The van der Waals surface area contributed by atoms with Crippen LogP contribution in [0.25, 0.3) is 11.4 Å². The summed E-state index contributed by atoms with van der Waals surface area (Å²) in [4.78, 5) is 15.6. The van der Waals surface area contributed by atoms with Gasteiger partial charge in [0.25, 0.3) is 5.91 Å². The number of fused-ring (bicyclic) bond motifs is 3. The van der Waals surface area contributed by atoms with Gasteiger partial charge in [0, 0.05) is 5.56 Å². The van der Waals surface area contributed by atoms with E-state index in [4.69, 9.17) is 5.11 Å². The van der Waals surface area contributed by atoms with Crippen LogP contribution in [0.5, 0.6) is 5.88 Å². The van der Waals surface area contributed by atoms with Gasteiger partial charge in [0.05, 0.1) is 11.8 Å². The number of benzene rings is 1. The van der Waals surface area contributed by atoms with Gasteiger partial charge in [-0.25, -0.2) is 0 Å². The molecular weight excluding hydrogens is 180 g/mol. The molecular formula is C10H6N2O2. The lowest BCUT2D eigenvalue weighted by atomic mass is 10.1. The number of aromatic nitrogens is 2. The molecule has 0 fully saturated rings. The van der Waals surface area contributed by atoms with E-state index in [-0.39, 0.29) is 11.8 Å². The van der Waals surface area contributed by atoms with E-state index < -0.39 is 0 Å². The first-order valence-corrected chi connectivity index (χ1v) is 4.20. The second-order valence-corrected chi connectivity index (χ2v) is 3.14. The fourth-order valence-electron chi connectivity index (χ4n) is 1.71. The topological polar surface area (TPSA) is 55.1 Å². The summed E-state index contributed by atoms with van der Waals surface area (Å²) in [5, 5.41) is 9.16. The Kier molecular flexibility index (Phi) is 1.16. The highest BCUT2D eigenvalue weighted by molar-refractivity contribution is 6.08. The lowest BCUT2D eigenvalue weighted by Crippen LogP contribution is -2.03. The Morgan fingerprint density at radius 2 is 1.93 bits per heavy atom. The minimum Gasteiger partial charge on any atom is -0.492 e. The summed E-state index contributed by atoms with van der Waals surface area (Å²) in [5.74, 6) is 0.259. The molecule has 0 radical (unpaired) electrons. The van der Waals surface area contributed by atoms with Crippen LogP contribution in [0, 0.1) is 0 Å². The Hall–Kier alpha value is -2.10. The maximum Gasteiger partial charge on any atom is 0.264 e. The molecule has 0 atom stereocenters. The van der Waals surface area contributed by atoms with Gasteiger partial charge in [-0.3, -0.25) is 9.36 Å². The van der Waals surface area contributed by atoms with Crippen molar-refractivity contribution in [3.63, 3.8) is 0 Å². The maximum atomic E-state index is 11.7. The van der Waals surface area contributed by atoms with Crippen molar-refractivity contribution in [1.82, 2.24) is 9.55 Å². The first-order chi connectivity index (χ1) is 6.77. The first kappa shape index (κ1) is 7.32. The average Bonchev–Trinajstić information content (AvgIpc) is 2.68. The van der Waals surface area contributed by atoms with Crippen LogP contribution < -0.4 is 0 Å². The summed E-state index contributed by atoms with van der Waals surface area (Å²) in [6, 6.07) is 7.22. The minimum absolute atomic E-state index is 0.122. The van der Waals surface area contributed by atoms with E-state index in [1.165, 1.54) is 10.8 Å². The van der Waals surface area contributed by atoms with Crippen molar-refractivity contribution in [2.45, 2.75) is 0 Å². The van der Waals surface area contributed by atoms with Gasteiger partial charge in [-0.05, 0) is 6.07 Å². The van der Waals surface area contributed by atoms with Crippen LogP contribution in [-0.4, -0.2) is 20.6 Å². The average molecular weight is 186 g/mol. The quantitative estimate of drug-likeness (QED) is 0.575. The van der Waals surface area contributed by atoms with Crippen molar-refractivity contribution in [2.24, 2.45) is 0 Å². The molecule has 1 aliphatic heterocycles. The molecule has 0 saturated carbocycles. The van der Waals surface area contributed by atoms with Gasteiger partial charge in [0.15, 0.2) is 5.82 Å². The van der Waals surface area contributed by atoms with E-state index >= 15 is 0 Å². The molecule has 0 saturated heterocycles. The number of imidazole rings is 1. The van der Waals surface area contributed by atoms with E-state index in [1.54, 1.807) is 6.07 Å². The van der Waals surface area contributed by atoms with Gasteiger partial charge >= 0.3 is 0 Å². The van der Waals surface area contributed by atoms with Crippen LogP contribution in [0.2, 0.25) is 0 Å². The third-order valence-electron chi connectivity index (χ3n) is 2.31. The normalized spacial score (nSPS) is 12.7. The van der Waals surface area contributed by atoms with Gasteiger partial charge in [-0.1, -0.05) is 18.2 Å². The van der Waals surface area contributed by atoms with E-state index in [9.17, 15) is 4.79 Å². The van der Waals surface area contributed by atoms with Crippen LogP contribution >= 0.6 is 0 Å². The van der Waals surface area contributed by atoms with Crippen molar-refractivity contribution < 1.29 is 9.90 Å². The maximum absolute atomic E-state index is 11.7. The molecule has 0 amide bonds. The zero-order chi connectivity index (χ0) is 9.71. The Morgan fingerprint density at radius 1 is 1.21 bits per heavy atom. The van der Waals surface area contributed by atoms with Gasteiger partial charge in [-0.15, -0.1) is 0 Å². The van der Waals surface area contributed by atoms with Crippen molar-refractivity contribution in [1.29, 1.82) is 0 Å². The predicted octanol–water partition coefficient (Wildman–Crippen LogP) is 1.26. The van der Waals surface area contributed by atoms with Crippen LogP contribution in [0.3, 0.4) is 0 Å². The molecule has 1 aromatic heterocycles. The fraction of sp³-hybridized carbons (Fsp3) is 0. The van der Waals surface area contributed by atoms with E-state index in [2.05, 4.69) is 4.98 Å². The highest BCUT2D eigenvalue weighted by atomic mass is 16.3. The van der Waals surface area contributed by atoms with Crippen LogP contribution in [-0.2, 0) is 0 Å². The molecule has 14 heavy (non-hydrogen) atoms. The molecule has 68 valence electrons. The Balaban J connectivity index is 2.39. The van der Waals surface area contributed by atoms with Crippen molar-refractivity contribution >= 4 is 5.91 Å². The highest BCUT2D eigenvalue weighted by Gasteiger charge is 2.27. The van der Waals surface area contributed by atoms with Crippen LogP contribution in [0.15, 0.2) is 30.5 Å². The van der Waals surface area contributed by atoms with Gasteiger partial charge < -0.3 is 5.11 Å². The number of hydrogen-bond donors (Lipinski definition) is 1. The predicted molar refractivity (Wildman–Crippen MR) is 49.1 cm³/mol. The molecule has 1 aromatic carbocycles. The molecule has 1 N–H and O–H groups in total. The zero-order valence-corrected chi connectivity index (χ0v) is 7.14. The number of carbonyl (C=O) groups is 1. The van der Waals surface area contributed by atoms with Gasteiger partial charge in [0.2, 0.25) is 5.88 Å². The van der Waals surface area contributed by atoms with Crippen LogP contribution in [0.1, 0.15) is 10.4 Å². The molecule has 0 bridgehead atoms. The molecule has 4 nitrogen and oxygen atoms in total.